The SMILES string of the molecule is OC[C@H]1O[C@@H](n2cnc3ncccc32)[C@H](O)[C@@H]1O. The van der Waals surface area contributed by atoms with Crippen LogP contribution in [0.5, 0.6) is 0 Å². The van der Waals surface area contributed by atoms with Crippen LogP contribution < -0.4 is 0 Å². The van der Waals surface area contributed by atoms with Gasteiger partial charge in [0.05, 0.1) is 18.5 Å². The quantitative estimate of drug-likeness (QED) is 0.635. The average Bonchev–Trinajstić information content (AvgIpc) is 2.93. The van der Waals surface area contributed by atoms with E-state index in [1.54, 1.807) is 22.9 Å². The fraction of sp³-hybridized carbons (Fsp3) is 0.455. The normalized spacial score (nSPS) is 32.2. The van der Waals surface area contributed by atoms with Gasteiger partial charge in [-0.2, -0.15) is 0 Å². The molecule has 0 radical (unpaired) electrons. The molecule has 2 aromatic heterocycles. The molecule has 0 unspecified atom stereocenters. The minimum atomic E-state index is -1.12. The summed E-state index contributed by atoms with van der Waals surface area (Å²) in [5, 5.41) is 28.7. The second kappa shape index (κ2) is 4.29. The van der Waals surface area contributed by atoms with E-state index < -0.39 is 24.5 Å². The average molecular weight is 251 g/mol. The molecule has 3 rings (SSSR count). The molecule has 3 heterocycles. The molecule has 0 saturated carbocycles. The summed E-state index contributed by atoms with van der Waals surface area (Å²) in [6, 6.07) is 3.55. The molecule has 1 fully saturated rings. The van der Waals surface area contributed by atoms with Crippen molar-refractivity contribution in [3.05, 3.63) is 24.7 Å². The second-order valence-electron chi connectivity index (χ2n) is 4.23. The molecule has 7 heteroatoms. The molecule has 0 amide bonds. The Hall–Kier alpha value is -1.54. The molecule has 1 aliphatic rings. The Morgan fingerprint density at radius 3 is 2.83 bits per heavy atom. The number of hydrogen-bond donors (Lipinski definition) is 3. The number of aliphatic hydroxyl groups is 3. The monoisotopic (exact) mass is 251 g/mol. The Bertz CT molecular complexity index is 558. The first-order chi connectivity index (χ1) is 8.72. The number of aliphatic hydroxyl groups excluding tert-OH is 3. The molecule has 96 valence electrons. The summed E-state index contributed by atoms with van der Waals surface area (Å²) in [5.41, 5.74) is 1.24. The standard InChI is InChI=1S/C11H13N3O4/c15-4-7-8(16)9(17)11(18-7)14-5-13-10-6(14)2-1-3-12-10/h1-3,5,7-9,11,15-17H,4H2/t7-,8-,9-,11-/m1/s1. The van der Waals surface area contributed by atoms with E-state index >= 15 is 0 Å². The number of ether oxygens (including phenoxy) is 1. The highest BCUT2D eigenvalue weighted by Gasteiger charge is 2.43. The molecule has 2 aromatic rings. The largest absolute Gasteiger partial charge is 0.394 e. The first kappa shape index (κ1) is 11.5. The summed E-state index contributed by atoms with van der Waals surface area (Å²) in [7, 11) is 0. The zero-order chi connectivity index (χ0) is 12.7. The third kappa shape index (κ3) is 1.60. The van der Waals surface area contributed by atoms with Gasteiger partial charge in [0.15, 0.2) is 11.9 Å². The lowest BCUT2D eigenvalue weighted by Gasteiger charge is -2.16. The minimum Gasteiger partial charge on any atom is -0.394 e. The topological polar surface area (TPSA) is 101 Å². The van der Waals surface area contributed by atoms with E-state index in [-0.39, 0.29) is 6.61 Å². The molecule has 0 aliphatic carbocycles. The Morgan fingerprint density at radius 1 is 1.28 bits per heavy atom. The van der Waals surface area contributed by atoms with Gasteiger partial charge in [0.1, 0.15) is 18.3 Å². The molecular weight excluding hydrogens is 238 g/mol. The first-order valence-electron chi connectivity index (χ1n) is 5.62. The first-order valence-corrected chi connectivity index (χ1v) is 5.62. The van der Waals surface area contributed by atoms with Crippen molar-refractivity contribution >= 4 is 11.2 Å². The van der Waals surface area contributed by atoms with Crippen molar-refractivity contribution in [2.75, 3.05) is 6.61 Å². The van der Waals surface area contributed by atoms with Gasteiger partial charge in [-0.1, -0.05) is 0 Å². The molecule has 4 atom stereocenters. The highest BCUT2D eigenvalue weighted by atomic mass is 16.6. The number of hydrogen-bond acceptors (Lipinski definition) is 6. The van der Waals surface area contributed by atoms with E-state index in [0.29, 0.717) is 11.2 Å². The number of pyridine rings is 1. The Morgan fingerprint density at radius 2 is 2.11 bits per heavy atom. The second-order valence-corrected chi connectivity index (χ2v) is 4.23. The van der Waals surface area contributed by atoms with Crippen molar-refractivity contribution < 1.29 is 20.1 Å². The minimum absolute atomic E-state index is 0.348. The van der Waals surface area contributed by atoms with Crippen LogP contribution >= 0.6 is 0 Å². The van der Waals surface area contributed by atoms with Crippen LogP contribution in [0.15, 0.2) is 24.7 Å². The lowest BCUT2D eigenvalue weighted by atomic mass is 10.1. The lowest BCUT2D eigenvalue weighted by molar-refractivity contribution is -0.0508. The number of rotatable bonds is 2. The van der Waals surface area contributed by atoms with Crippen LogP contribution in [0.1, 0.15) is 6.23 Å². The van der Waals surface area contributed by atoms with Crippen LogP contribution in [0.4, 0.5) is 0 Å². The van der Waals surface area contributed by atoms with Gasteiger partial charge < -0.3 is 20.1 Å². The maximum Gasteiger partial charge on any atom is 0.177 e. The molecule has 0 spiro atoms. The third-order valence-electron chi connectivity index (χ3n) is 3.14. The molecule has 1 aliphatic heterocycles. The van der Waals surface area contributed by atoms with Gasteiger partial charge in [0, 0.05) is 6.20 Å². The number of fused-ring (bicyclic) bond motifs is 1. The van der Waals surface area contributed by atoms with Crippen molar-refractivity contribution in [3.8, 4) is 0 Å². The van der Waals surface area contributed by atoms with Crippen LogP contribution in [0, 0.1) is 0 Å². The van der Waals surface area contributed by atoms with Gasteiger partial charge in [0.25, 0.3) is 0 Å². The van der Waals surface area contributed by atoms with Crippen LogP contribution in [0.2, 0.25) is 0 Å². The fourth-order valence-corrected chi connectivity index (χ4v) is 2.18. The van der Waals surface area contributed by atoms with Crippen LogP contribution in [-0.2, 0) is 4.74 Å². The summed E-state index contributed by atoms with van der Waals surface area (Å²) >= 11 is 0. The van der Waals surface area contributed by atoms with Crippen LogP contribution in [0.3, 0.4) is 0 Å². The van der Waals surface area contributed by atoms with E-state index in [1.165, 1.54) is 6.33 Å². The predicted molar refractivity (Wildman–Crippen MR) is 60.5 cm³/mol. The van der Waals surface area contributed by atoms with Gasteiger partial charge in [-0.05, 0) is 12.1 Å². The summed E-state index contributed by atoms with van der Waals surface area (Å²) in [4.78, 5) is 8.17. The molecule has 0 bridgehead atoms. The molecule has 1 saturated heterocycles. The number of aromatic nitrogens is 3. The van der Waals surface area contributed by atoms with E-state index in [4.69, 9.17) is 9.84 Å². The molecule has 7 nitrogen and oxygen atoms in total. The zero-order valence-corrected chi connectivity index (χ0v) is 9.42. The Balaban J connectivity index is 2.00. The predicted octanol–water partition coefficient (Wildman–Crippen LogP) is -0.957. The Kier molecular flexibility index (Phi) is 2.75. The third-order valence-corrected chi connectivity index (χ3v) is 3.14. The van der Waals surface area contributed by atoms with E-state index in [2.05, 4.69) is 9.97 Å². The Labute approximate surface area is 102 Å². The van der Waals surface area contributed by atoms with E-state index in [9.17, 15) is 10.2 Å². The number of nitrogens with zero attached hydrogens (tertiary/aromatic N) is 3. The smallest absolute Gasteiger partial charge is 0.177 e. The lowest BCUT2D eigenvalue weighted by Crippen LogP contribution is -2.33. The van der Waals surface area contributed by atoms with Gasteiger partial charge in [-0.15, -0.1) is 0 Å². The van der Waals surface area contributed by atoms with Crippen LogP contribution in [0.25, 0.3) is 11.2 Å². The van der Waals surface area contributed by atoms with Crippen molar-refractivity contribution in [1.29, 1.82) is 0 Å². The summed E-state index contributed by atoms with van der Waals surface area (Å²) in [6.07, 6.45) is -0.672. The number of imidazole rings is 1. The van der Waals surface area contributed by atoms with Gasteiger partial charge in [0.2, 0.25) is 0 Å². The van der Waals surface area contributed by atoms with Gasteiger partial charge >= 0.3 is 0 Å². The zero-order valence-electron chi connectivity index (χ0n) is 9.42. The summed E-state index contributed by atoms with van der Waals surface area (Å²) in [6.45, 7) is -0.348. The highest BCUT2D eigenvalue weighted by Crippen LogP contribution is 2.31. The van der Waals surface area contributed by atoms with Crippen molar-refractivity contribution in [3.63, 3.8) is 0 Å². The molecule has 3 N–H and O–H groups in total. The van der Waals surface area contributed by atoms with Crippen LogP contribution in [-0.4, -0.2) is 54.8 Å². The molecule has 0 aromatic carbocycles. The summed E-state index contributed by atoms with van der Waals surface area (Å²) in [5.74, 6) is 0. The van der Waals surface area contributed by atoms with Gasteiger partial charge in [-0.3, -0.25) is 4.57 Å². The summed E-state index contributed by atoms with van der Waals surface area (Å²) < 4.78 is 7.04. The van der Waals surface area contributed by atoms with Crippen molar-refractivity contribution in [2.24, 2.45) is 0 Å². The molecule has 18 heavy (non-hydrogen) atoms. The van der Waals surface area contributed by atoms with E-state index in [1.807, 2.05) is 0 Å². The highest BCUT2D eigenvalue weighted by molar-refractivity contribution is 5.70. The van der Waals surface area contributed by atoms with Crippen molar-refractivity contribution in [2.45, 2.75) is 24.5 Å². The molecular formula is C11H13N3O4. The maximum absolute atomic E-state index is 9.94. The van der Waals surface area contributed by atoms with E-state index in [0.717, 1.165) is 0 Å². The van der Waals surface area contributed by atoms with Gasteiger partial charge in [-0.25, -0.2) is 9.97 Å². The van der Waals surface area contributed by atoms with Crippen molar-refractivity contribution in [1.82, 2.24) is 14.5 Å². The fourth-order valence-electron chi connectivity index (χ4n) is 2.18. The maximum atomic E-state index is 9.94.